The summed E-state index contributed by atoms with van der Waals surface area (Å²) >= 11 is 0. The molecule has 0 unspecified atom stereocenters. The van der Waals surface area contributed by atoms with E-state index in [1.54, 1.807) is 11.8 Å². The van der Waals surface area contributed by atoms with Crippen molar-refractivity contribution in [3.8, 4) is 0 Å². The number of morpholine rings is 1. The molecule has 1 aliphatic carbocycles. The van der Waals surface area contributed by atoms with E-state index in [9.17, 15) is 9.59 Å². The van der Waals surface area contributed by atoms with Crippen LogP contribution in [0.3, 0.4) is 0 Å². The number of hydrogen-bond donors (Lipinski definition) is 1. The van der Waals surface area contributed by atoms with E-state index in [1.165, 1.54) is 0 Å². The zero-order valence-electron chi connectivity index (χ0n) is 13.6. The van der Waals surface area contributed by atoms with Gasteiger partial charge in [0.15, 0.2) is 5.60 Å². The van der Waals surface area contributed by atoms with Crippen LogP contribution in [0.25, 0.3) is 0 Å². The molecule has 0 bridgehead atoms. The fourth-order valence-electron chi connectivity index (χ4n) is 3.86. The van der Waals surface area contributed by atoms with Gasteiger partial charge in [-0.3, -0.25) is 9.59 Å². The summed E-state index contributed by atoms with van der Waals surface area (Å²) in [5.41, 5.74) is 4.98. The number of carbonyl (C=O) groups excluding carboxylic acids is 2. The predicted octanol–water partition coefficient (Wildman–Crippen LogP) is 1.60. The van der Waals surface area contributed by atoms with Crippen LogP contribution in [0, 0.1) is 0 Å². The van der Waals surface area contributed by atoms with Gasteiger partial charge >= 0.3 is 0 Å². The maximum absolute atomic E-state index is 13.4. The van der Waals surface area contributed by atoms with E-state index in [0.29, 0.717) is 13.2 Å². The minimum Gasteiger partial charge on any atom is -0.367 e. The number of rotatable bonds is 3. The van der Waals surface area contributed by atoms with Crippen molar-refractivity contribution in [1.29, 1.82) is 0 Å². The summed E-state index contributed by atoms with van der Waals surface area (Å²) in [6.45, 7) is 2.75. The highest BCUT2D eigenvalue weighted by Gasteiger charge is 2.48. The molecule has 1 saturated heterocycles. The Kier molecular flexibility index (Phi) is 4.15. The van der Waals surface area contributed by atoms with E-state index < -0.39 is 16.9 Å². The second-order valence-electron chi connectivity index (χ2n) is 6.83. The van der Waals surface area contributed by atoms with Crippen molar-refractivity contribution in [1.82, 2.24) is 4.90 Å². The SMILES string of the molecule is C[C@@]1(C(N)=O)CN(C(=O)C2(c3ccccc3)CCCC2)CCO1. The highest BCUT2D eigenvalue weighted by molar-refractivity contribution is 5.90. The Bertz CT molecular complexity index is 596. The first-order valence-corrected chi connectivity index (χ1v) is 8.27. The molecule has 0 radical (unpaired) electrons. The lowest BCUT2D eigenvalue weighted by Crippen LogP contribution is -2.60. The lowest BCUT2D eigenvalue weighted by Gasteiger charge is -2.42. The smallest absolute Gasteiger partial charge is 0.251 e. The van der Waals surface area contributed by atoms with Gasteiger partial charge in [0.1, 0.15) is 0 Å². The summed E-state index contributed by atoms with van der Waals surface area (Å²) in [6, 6.07) is 10.0. The van der Waals surface area contributed by atoms with E-state index in [0.717, 1.165) is 31.2 Å². The van der Waals surface area contributed by atoms with Crippen LogP contribution in [-0.2, 0) is 19.7 Å². The lowest BCUT2D eigenvalue weighted by molar-refractivity contribution is -0.163. The van der Waals surface area contributed by atoms with Gasteiger partial charge in [-0.1, -0.05) is 43.2 Å². The summed E-state index contributed by atoms with van der Waals surface area (Å²) in [6.07, 6.45) is 3.83. The number of primary amides is 1. The van der Waals surface area contributed by atoms with Crippen LogP contribution in [0.4, 0.5) is 0 Å². The number of amides is 2. The zero-order valence-corrected chi connectivity index (χ0v) is 13.6. The van der Waals surface area contributed by atoms with Gasteiger partial charge in [0.25, 0.3) is 5.91 Å². The molecule has 2 N–H and O–H groups in total. The molecule has 0 spiro atoms. The van der Waals surface area contributed by atoms with Crippen molar-refractivity contribution in [2.45, 2.75) is 43.6 Å². The number of carbonyl (C=O) groups is 2. The van der Waals surface area contributed by atoms with E-state index in [4.69, 9.17) is 10.5 Å². The highest BCUT2D eigenvalue weighted by Crippen LogP contribution is 2.43. The normalized spacial score (nSPS) is 26.9. The van der Waals surface area contributed by atoms with Crippen molar-refractivity contribution in [2.75, 3.05) is 19.7 Å². The van der Waals surface area contributed by atoms with Crippen molar-refractivity contribution in [3.05, 3.63) is 35.9 Å². The van der Waals surface area contributed by atoms with Crippen LogP contribution < -0.4 is 5.73 Å². The quantitative estimate of drug-likeness (QED) is 0.920. The second-order valence-corrected chi connectivity index (χ2v) is 6.83. The summed E-state index contributed by atoms with van der Waals surface area (Å²) in [5, 5.41) is 0. The fraction of sp³-hybridized carbons (Fsp3) is 0.556. The summed E-state index contributed by atoms with van der Waals surface area (Å²) in [4.78, 5) is 26.8. The van der Waals surface area contributed by atoms with Crippen LogP contribution in [0.15, 0.2) is 30.3 Å². The van der Waals surface area contributed by atoms with Gasteiger partial charge in [-0.2, -0.15) is 0 Å². The van der Waals surface area contributed by atoms with Crippen LogP contribution >= 0.6 is 0 Å². The third-order valence-corrected chi connectivity index (χ3v) is 5.28. The first-order valence-electron chi connectivity index (χ1n) is 8.27. The van der Waals surface area contributed by atoms with Crippen LogP contribution in [0.5, 0.6) is 0 Å². The molecule has 2 amide bonds. The van der Waals surface area contributed by atoms with Crippen molar-refractivity contribution in [2.24, 2.45) is 5.73 Å². The molecule has 23 heavy (non-hydrogen) atoms. The fourth-order valence-corrected chi connectivity index (χ4v) is 3.86. The molecule has 1 atom stereocenters. The highest BCUT2D eigenvalue weighted by atomic mass is 16.5. The first-order chi connectivity index (χ1) is 11.0. The number of hydrogen-bond acceptors (Lipinski definition) is 3. The first kappa shape index (κ1) is 16.0. The number of nitrogens with two attached hydrogens (primary N) is 1. The monoisotopic (exact) mass is 316 g/mol. The topological polar surface area (TPSA) is 72.6 Å². The van der Waals surface area contributed by atoms with Gasteiger partial charge in [-0.15, -0.1) is 0 Å². The molecular formula is C18H24N2O3. The Labute approximate surface area is 136 Å². The lowest BCUT2D eigenvalue weighted by atomic mass is 9.77. The minimum absolute atomic E-state index is 0.108. The Balaban J connectivity index is 1.89. The van der Waals surface area contributed by atoms with Gasteiger partial charge in [0.05, 0.1) is 18.6 Å². The van der Waals surface area contributed by atoms with E-state index >= 15 is 0 Å². The van der Waals surface area contributed by atoms with Crippen LogP contribution in [0.2, 0.25) is 0 Å². The van der Waals surface area contributed by atoms with Gasteiger partial charge in [0.2, 0.25) is 5.91 Å². The molecule has 5 heteroatoms. The standard InChI is InChI=1S/C18H24N2O3/c1-17(15(19)21)13-20(11-12-23-17)16(22)18(9-5-6-10-18)14-7-3-2-4-8-14/h2-4,7-8H,5-6,9-13H2,1H3,(H2,19,21)/t17-/m0/s1. The summed E-state index contributed by atoms with van der Waals surface area (Å²) < 4.78 is 5.54. The van der Waals surface area contributed by atoms with E-state index in [2.05, 4.69) is 0 Å². The molecule has 1 aliphatic heterocycles. The van der Waals surface area contributed by atoms with E-state index in [1.807, 2.05) is 30.3 Å². The average Bonchev–Trinajstić information content (AvgIpc) is 3.06. The molecular weight excluding hydrogens is 292 g/mol. The van der Waals surface area contributed by atoms with Crippen LogP contribution in [-0.4, -0.2) is 42.0 Å². The third-order valence-electron chi connectivity index (χ3n) is 5.28. The van der Waals surface area contributed by atoms with Gasteiger partial charge in [-0.05, 0) is 25.3 Å². The van der Waals surface area contributed by atoms with Gasteiger partial charge < -0.3 is 15.4 Å². The van der Waals surface area contributed by atoms with Crippen LogP contribution in [0.1, 0.15) is 38.2 Å². The molecule has 124 valence electrons. The molecule has 0 aromatic heterocycles. The Morgan fingerprint density at radius 3 is 2.43 bits per heavy atom. The molecule has 3 rings (SSSR count). The molecule has 1 saturated carbocycles. The Morgan fingerprint density at radius 1 is 1.17 bits per heavy atom. The maximum atomic E-state index is 13.4. The average molecular weight is 316 g/mol. The number of nitrogens with zero attached hydrogens (tertiary/aromatic N) is 1. The Hall–Kier alpha value is -1.88. The predicted molar refractivity (Wildman–Crippen MR) is 86.7 cm³/mol. The number of ether oxygens (including phenoxy) is 1. The zero-order chi connectivity index (χ0) is 16.5. The van der Waals surface area contributed by atoms with E-state index in [-0.39, 0.29) is 12.5 Å². The molecule has 2 fully saturated rings. The van der Waals surface area contributed by atoms with Gasteiger partial charge in [-0.25, -0.2) is 0 Å². The molecule has 1 aromatic rings. The third kappa shape index (κ3) is 2.74. The van der Waals surface area contributed by atoms with Crippen molar-refractivity contribution >= 4 is 11.8 Å². The minimum atomic E-state index is -1.09. The maximum Gasteiger partial charge on any atom is 0.251 e. The Morgan fingerprint density at radius 2 is 1.83 bits per heavy atom. The summed E-state index contributed by atoms with van der Waals surface area (Å²) in [7, 11) is 0. The molecule has 5 nitrogen and oxygen atoms in total. The largest absolute Gasteiger partial charge is 0.367 e. The van der Waals surface area contributed by atoms with Crippen molar-refractivity contribution < 1.29 is 14.3 Å². The summed E-state index contributed by atoms with van der Waals surface area (Å²) in [5.74, 6) is -0.410. The number of benzene rings is 1. The van der Waals surface area contributed by atoms with Crippen molar-refractivity contribution in [3.63, 3.8) is 0 Å². The molecule has 1 aromatic carbocycles. The molecule has 2 aliphatic rings. The van der Waals surface area contributed by atoms with Gasteiger partial charge in [0, 0.05) is 6.54 Å². The second kappa shape index (κ2) is 5.96. The molecule has 1 heterocycles.